The number of aromatic nitrogens is 1. The SMILES string of the molecule is C.N#Cc1ccnc(N2C(=O)[C@@H](O)C[C@H]2C(=O)N(c2cc(F)cc(F)c2)[C@H](C(=O)NC2CC(F)(F)C2)c2ccccc2Cl)c1. The van der Waals surface area contributed by atoms with Crippen molar-refractivity contribution in [3.8, 4) is 6.07 Å². The molecule has 0 spiro atoms. The number of pyridine rings is 1. The molecule has 14 heteroatoms. The summed E-state index contributed by atoms with van der Waals surface area (Å²) in [6.07, 6.45) is -2.31. The predicted octanol–water partition coefficient (Wildman–Crippen LogP) is 4.68. The van der Waals surface area contributed by atoms with Gasteiger partial charge in [-0.25, -0.2) is 22.5 Å². The van der Waals surface area contributed by atoms with Crippen LogP contribution in [0.5, 0.6) is 0 Å². The first-order chi connectivity index (χ1) is 20.4. The summed E-state index contributed by atoms with van der Waals surface area (Å²) in [5.41, 5.74) is -0.374. The molecule has 0 unspecified atom stereocenters. The van der Waals surface area contributed by atoms with E-state index in [-0.39, 0.29) is 29.4 Å². The average molecular weight is 632 g/mol. The molecule has 3 aromatic rings. The summed E-state index contributed by atoms with van der Waals surface area (Å²) in [4.78, 5) is 46.9. The number of anilines is 2. The molecule has 0 bridgehead atoms. The number of nitrogens with zero attached hydrogens (tertiary/aromatic N) is 4. The smallest absolute Gasteiger partial charge is 0.257 e. The fourth-order valence-electron chi connectivity index (χ4n) is 5.22. The van der Waals surface area contributed by atoms with Gasteiger partial charge in [0.2, 0.25) is 5.91 Å². The summed E-state index contributed by atoms with van der Waals surface area (Å²) in [6.45, 7) is 0. The van der Waals surface area contributed by atoms with Crippen molar-refractivity contribution in [3.05, 3.63) is 88.6 Å². The molecule has 2 N–H and O–H groups in total. The maximum absolute atomic E-state index is 14.6. The van der Waals surface area contributed by atoms with Crippen molar-refractivity contribution >= 4 is 40.8 Å². The third-order valence-corrected chi connectivity index (χ3v) is 7.54. The Labute approximate surface area is 254 Å². The molecule has 44 heavy (non-hydrogen) atoms. The minimum absolute atomic E-state index is 0. The van der Waals surface area contributed by atoms with E-state index in [0.717, 1.165) is 21.9 Å². The number of hydrogen-bond acceptors (Lipinski definition) is 6. The Balaban J connectivity index is 0.00000442. The van der Waals surface area contributed by atoms with Crippen LogP contribution in [-0.2, 0) is 14.4 Å². The highest BCUT2D eigenvalue weighted by Crippen LogP contribution is 2.40. The zero-order valence-corrected chi connectivity index (χ0v) is 22.8. The number of amides is 3. The van der Waals surface area contributed by atoms with Crippen molar-refractivity contribution in [2.45, 2.75) is 56.8 Å². The number of benzene rings is 2. The second-order valence-electron chi connectivity index (χ2n) is 10.2. The fraction of sp³-hybridized carbons (Fsp3) is 0.300. The van der Waals surface area contributed by atoms with Crippen molar-refractivity contribution in [1.82, 2.24) is 10.3 Å². The van der Waals surface area contributed by atoms with Gasteiger partial charge in [-0.3, -0.25) is 24.2 Å². The van der Waals surface area contributed by atoms with Gasteiger partial charge in [0, 0.05) is 48.2 Å². The van der Waals surface area contributed by atoms with E-state index in [1.807, 2.05) is 6.07 Å². The number of carbonyl (C=O) groups excluding carboxylic acids is 3. The second kappa shape index (κ2) is 12.6. The first-order valence-corrected chi connectivity index (χ1v) is 13.4. The van der Waals surface area contributed by atoms with E-state index in [4.69, 9.17) is 11.6 Å². The maximum Gasteiger partial charge on any atom is 0.257 e. The van der Waals surface area contributed by atoms with Gasteiger partial charge in [-0.05, 0) is 30.3 Å². The number of aliphatic hydroxyl groups excluding tert-OH is 1. The van der Waals surface area contributed by atoms with Crippen LogP contribution in [0.15, 0.2) is 60.8 Å². The Morgan fingerprint density at radius 2 is 1.80 bits per heavy atom. The Morgan fingerprint density at radius 3 is 2.41 bits per heavy atom. The maximum atomic E-state index is 14.6. The summed E-state index contributed by atoms with van der Waals surface area (Å²) >= 11 is 6.42. The molecule has 3 amide bonds. The van der Waals surface area contributed by atoms with Crippen LogP contribution >= 0.6 is 11.6 Å². The lowest BCUT2D eigenvalue weighted by Crippen LogP contribution is -2.56. The third kappa shape index (κ3) is 6.36. The molecular formula is C30H26ClF4N5O4. The van der Waals surface area contributed by atoms with Crippen LogP contribution in [0.4, 0.5) is 29.1 Å². The van der Waals surface area contributed by atoms with E-state index >= 15 is 0 Å². The Bertz CT molecular complexity index is 1620. The number of rotatable bonds is 7. The molecule has 2 aliphatic rings. The van der Waals surface area contributed by atoms with Crippen molar-refractivity contribution in [2.24, 2.45) is 0 Å². The summed E-state index contributed by atoms with van der Waals surface area (Å²) in [6, 6.07) is 8.04. The molecule has 2 aromatic carbocycles. The Morgan fingerprint density at radius 1 is 1.14 bits per heavy atom. The molecule has 1 aliphatic carbocycles. The van der Waals surface area contributed by atoms with E-state index < -0.39 is 84.5 Å². The van der Waals surface area contributed by atoms with Crippen molar-refractivity contribution in [1.29, 1.82) is 5.26 Å². The highest BCUT2D eigenvalue weighted by molar-refractivity contribution is 6.31. The number of hydrogen-bond donors (Lipinski definition) is 2. The number of alkyl halides is 2. The molecule has 5 rings (SSSR count). The van der Waals surface area contributed by atoms with Gasteiger partial charge in [-0.1, -0.05) is 37.2 Å². The third-order valence-electron chi connectivity index (χ3n) is 7.19. The quantitative estimate of drug-likeness (QED) is 0.365. The molecule has 2 fully saturated rings. The lowest BCUT2D eigenvalue weighted by molar-refractivity contribution is -0.133. The van der Waals surface area contributed by atoms with Crippen LogP contribution in [0.25, 0.3) is 0 Å². The van der Waals surface area contributed by atoms with Gasteiger partial charge in [-0.15, -0.1) is 0 Å². The van der Waals surface area contributed by atoms with Crippen LogP contribution in [-0.4, -0.2) is 51.9 Å². The number of aliphatic hydroxyl groups is 1. The second-order valence-corrected chi connectivity index (χ2v) is 10.6. The molecule has 1 saturated carbocycles. The van der Waals surface area contributed by atoms with E-state index in [9.17, 15) is 42.3 Å². The van der Waals surface area contributed by atoms with Crippen molar-refractivity contribution in [3.63, 3.8) is 0 Å². The van der Waals surface area contributed by atoms with Gasteiger partial charge in [0.1, 0.15) is 35.6 Å². The molecule has 3 atom stereocenters. The minimum Gasteiger partial charge on any atom is -0.383 e. The van der Waals surface area contributed by atoms with E-state index in [1.54, 1.807) is 0 Å². The average Bonchev–Trinajstić information content (AvgIpc) is 3.24. The Kier molecular flexibility index (Phi) is 9.27. The number of nitrogens with one attached hydrogen (secondary N) is 1. The number of carbonyl (C=O) groups is 3. The van der Waals surface area contributed by atoms with Gasteiger partial charge >= 0.3 is 0 Å². The number of nitriles is 1. The lowest BCUT2D eigenvalue weighted by atomic mass is 9.87. The van der Waals surface area contributed by atoms with E-state index in [0.29, 0.717) is 6.07 Å². The summed E-state index contributed by atoms with van der Waals surface area (Å²) in [5, 5.41) is 22.2. The van der Waals surface area contributed by atoms with Gasteiger partial charge in [0.05, 0.1) is 17.3 Å². The molecule has 1 aromatic heterocycles. The van der Waals surface area contributed by atoms with Gasteiger partial charge in [0.25, 0.3) is 17.7 Å². The molecular weight excluding hydrogens is 606 g/mol. The highest BCUT2D eigenvalue weighted by atomic mass is 35.5. The highest BCUT2D eigenvalue weighted by Gasteiger charge is 2.50. The van der Waals surface area contributed by atoms with Crippen LogP contribution in [0.1, 0.15) is 43.9 Å². The molecule has 230 valence electrons. The monoisotopic (exact) mass is 631 g/mol. The molecule has 0 radical (unpaired) electrons. The normalized spacial score (nSPS) is 19.8. The molecule has 2 heterocycles. The summed E-state index contributed by atoms with van der Waals surface area (Å²) in [7, 11) is 0. The Hall–Kier alpha value is -4.54. The molecule has 9 nitrogen and oxygen atoms in total. The van der Waals surface area contributed by atoms with Gasteiger partial charge < -0.3 is 10.4 Å². The van der Waals surface area contributed by atoms with Gasteiger partial charge in [0.15, 0.2) is 0 Å². The molecule has 1 saturated heterocycles. The number of halogens is 5. The fourth-order valence-corrected chi connectivity index (χ4v) is 5.45. The van der Waals surface area contributed by atoms with Crippen LogP contribution < -0.4 is 15.1 Å². The van der Waals surface area contributed by atoms with Crippen LogP contribution in [0.2, 0.25) is 5.02 Å². The van der Waals surface area contributed by atoms with Crippen molar-refractivity contribution in [2.75, 3.05) is 9.80 Å². The minimum atomic E-state index is -3.00. The topological polar surface area (TPSA) is 127 Å². The largest absolute Gasteiger partial charge is 0.383 e. The van der Waals surface area contributed by atoms with E-state index in [1.165, 1.54) is 42.6 Å². The van der Waals surface area contributed by atoms with Crippen LogP contribution in [0, 0.1) is 23.0 Å². The van der Waals surface area contributed by atoms with Crippen LogP contribution in [0.3, 0.4) is 0 Å². The van der Waals surface area contributed by atoms with E-state index in [2.05, 4.69) is 10.3 Å². The standard InChI is InChI=1S/C29H22ClF4N5O4.CH4/c30-21-4-2-1-3-20(21)25(26(41)37-18-12-29(33,34)13-18)38(19-9-16(31)8-17(32)10-19)27(42)22-11-23(40)28(43)39(22)24-7-15(14-35)5-6-36-24;/h1-10,18,22-23,25,40H,11-13H2,(H,37,41);1H4/t22-,23-,25-;/m0./s1. The zero-order chi connectivity index (χ0) is 31.1. The van der Waals surface area contributed by atoms with Gasteiger partial charge in [-0.2, -0.15) is 5.26 Å². The molecule has 1 aliphatic heterocycles. The first kappa shape index (κ1) is 32.4. The lowest BCUT2D eigenvalue weighted by Gasteiger charge is -2.39. The van der Waals surface area contributed by atoms with Crippen molar-refractivity contribution < 1.29 is 37.1 Å². The summed E-state index contributed by atoms with van der Waals surface area (Å²) < 4.78 is 56.3. The summed E-state index contributed by atoms with van der Waals surface area (Å²) in [5.74, 6) is -8.36. The first-order valence-electron chi connectivity index (χ1n) is 13.0. The zero-order valence-electron chi connectivity index (χ0n) is 22.1. The predicted molar refractivity (Wildman–Crippen MR) is 152 cm³/mol.